The Labute approximate surface area is 242 Å². The van der Waals surface area contributed by atoms with Crippen molar-refractivity contribution >= 4 is 22.6 Å². The number of rotatable bonds is 10. The zero-order valence-corrected chi connectivity index (χ0v) is 24.3. The predicted molar refractivity (Wildman–Crippen MR) is 162 cm³/mol. The van der Waals surface area contributed by atoms with Crippen molar-refractivity contribution in [3.8, 4) is 11.5 Å². The highest BCUT2D eigenvalue weighted by molar-refractivity contribution is 6.00. The Morgan fingerprint density at radius 1 is 0.927 bits per heavy atom. The van der Waals surface area contributed by atoms with E-state index >= 15 is 0 Å². The molecule has 41 heavy (non-hydrogen) atoms. The number of imidazole rings is 1. The number of hydrogen-bond acceptors (Lipinski definition) is 6. The lowest BCUT2D eigenvalue weighted by atomic mass is 9.99. The standard InChI is InChI=1S/C33H39N5O3/c1-4-35-17-19-36(20-18-35)29-12-7-9-25-26(29)22-38(33(25)39)28(24-14-15-31(40-2)32(21-24)41-3)13-8-16-37-23-34-27-10-5-6-11-30(27)37/h5-7,9-12,14-15,21,23,28H,4,8,13,16-20,22H2,1-3H3. The summed E-state index contributed by atoms with van der Waals surface area (Å²) in [5.41, 5.74) is 6.36. The van der Waals surface area contributed by atoms with Gasteiger partial charge in [0.2, 0.25) is 0 Å². The molecule has 0 N–H and O–H groups in total. The maximum atomic E-state index is 14.0. The molecular weight excluding hydrogens is 514 g/mol. The molecule has 0 saturated carbocycles. The number of anilines is 1. The first-order valence-corrected chi connectivity index (χ1v) is 14.6. The molecule has 214 valence electrons. The maximum absolute atomic E-state index is 14.0. The molecule has 8 heteroatoms. The van der Waals surface area contributed by atoms with Gasteiger partial charge in [0.1, 0.15) is 0 Å². The Morgan fingerprint density at radius 2 is 1.73 bits per heavy atom. The van der Waals surface area contributed by atoms with E-state index in [4.69, 9.17) is 9.47 Å². The lowest BCUT2D eigenvalue weighted by Gasteiger charge is -2.36. The van der Waals surface area contributed by atoms with E-state index in [1.54, 1.807) is 14.2 Å². The second kappa shape index (κ2) is 11.8. The van der Waals surface area contributed by atoms with E-state index in [-0.39, 0.29) is 11.9 Å². The number of fused-ring (bicyclic) bond motifs is 2. The van der Waals surface area contributed by atoms with Gasteiger partial charge < -0.3 is 28.7 Å². The quantitative estimate of drug-likeness (QED) is 0.263. The normalized spacial score (nSPS) is 16.3. The van der Waals surface area contributed by atoms with Crippen LogP contribution in [0.3, 0.4) is 0 Å². The van der Waals surface area contributed by atoms with Gasteiger partial charge in [0.25, 0.3) is 5.91 Å². The molecule has 6 rings (SSSR count). The zero-order valence-electron chi connectivity index (χ0n) is 24.3. The molecule has 2 aliphatic rings. The fraction of sp³-hybridized carbons (Fsp3) is 0.394. The number of para-hydroxylation sites is 2. The van der Waals surface area contributed by atoms with Gasteiger partial charge in [0, 0.05) is 56.1 Å². The minimum absolute atomic E-state index is 0.0990. The van der Waals surface area contributed by atoms with Crippen molar-refractivity contribution in [2.45, 2.75) is 38.9 Å². The Hall–Kier alpha value is -4.04. The van der Waals surface area contributed by atoms with Crippen molar-refractivity contribution in [3.05, 3.63) is 83.7 Å². The number of carbonyl (C=O) groups excluding carboxylic acids is 1. The molecule has 8 nitrogen and oxygen atoms in total. The summed E-state index contributed by atoms with van der Waals surface area (Å²) in [7, 11) is 3.30. The lowest BCUT2D eigenvalue weighted by molar-refractivity contribution is 0.0688. The van der Waals surface area contributed by atoms with Crippen molar-refractivity contribution in [1.82, 2.24) is 19.4 Å². The molecule has 4 aromatic rings. The van der Waals surface area contributed by atoms with Gasteiger partial charge in [-0.1, -0.05) is 31.2 Å². The lowest BCUT2D eigenvalue weighted by Crippen LogP contribution is -2.46. The van der Waals surface area contributed by atoms with E-state index in [2.05, 4.69) is 49.4 Å². The van der Waals surface area contributed by atoms with Gasteiger partial charge >= 0.3 is 0 Å². The number of ether oxygens (including phenoxy) is 2. The van der Waals surface area contributed by atoms with Gasteiger partial charge in [-0.25, -0.2) is 4.98 Å². The van der Waals surface area contributed by atoms with Crippen LogP contribution < -0.4 is 14.4 Å². The molecule has 0 aliphatic carbocycles. The number of aryl methyl sites for hydroxylation is 1. The predicted octanol–water partition coefficient (Wildman–Crippen LogP) is 5.37. The average molecular weight is 554 g/mol. The van der Waals surface area contributed by atoms with E-state index in [0.717, 1.165) is 79.8 Å². The Balaban J connectivity index is 1.28. The first kappa shape index (κ1) is 27.1. The smallest absolute Gasteiger partial charge is 0.255 e. The average Bonchev–Trinajstić information content (AvgIpc) is 3.59. The van der Waals surface area contributed by atoms with Gasteiger partial charge in [-0.05, 0) is 61.3 Å². The SMILES string of the molecule is CCN1CCN(c2cccc3c2CN(C(CCCn2cnc4ccccc42)c2ccc(OC)c(OC)c2)C3=O)CC1. The van der Waals surface area contributed by atoms with Crippen molar-refractivity contribution < 1.29 is 14.3 Å². The van der Waals surface area contributed by atoms with Crippen LogP contribution in [0.5, 0.6) is 11.5 Å². The number of carbonyl (C=O) groups is 1. The van der Waals surface area contributed by atoms with Crippen molar-refractivity contribution in [2.24, 2.45) is 0 Å². The summed E-state index contributed by atoms with van der Waals surface area (Å²) in [4.78, 5) is 25.6. The van der Waals surface area contributed by atoms with E-state index in [9.17, 15) is 4.79 Å². The molecule has 3 heterocycles. The van der Waals surface area contributed by atoms with E-state index in [0.29, 0.717) is 18.0 Å². The summed E-state index contributed by atoms with van der Waals surface area (Å²) >= 11 is 0. The number of amides is 1. The molecule has 2 aliphatic heterocycles. The van der Waals surface area contributed by atoms with Crippen LogP contribution >= 0.6 is 0 Å². The molecule has 0 radical (unpaired) electrons. The molecule has 1 saturated heterocycles. The number of piperazine rings is 1. The van der Waals surface area contributed by atoms with E-state index in [1.807, 2.05) is 48.8 Å². The highest BCUT2D eigenvalue weighted by atomic mass is 16.5. The first-order valence-electron chi connectivity index (χ1n) is 14.6. The van der Waals surface area contributed by atoms with Crippen LogP contribution in [0.2, 0.25) is 0 Å². The third-order valence-electron chi connectivity index (χ3n) is 8.70. The van der Waals surface area contributed by atoms with E-state index in [1.165, 1.54) is 5.69 Å². The largest absolute Gasteiger partial charge is 0.493 e. The molecule has 1 fully saturated rings. The summed E-state index contributed by atoms with van der Waals surface area (Å²) in [5, 5.41) is 0. The number of hydrogen-bond donors (Lipinski definition) is 0. The summed E-state index contributed by atoms with van der Waals surface area (Å²) in [5.74, 6) is 1.46. The molecule has 1 amide bonds. The minimum atomic E-state index is -0.103. The number of aromatic nitrogens is 2. The minimum Gasteiger partial charge on any atom is -0.493 e. The zero-order chi connectivity index (χ0) is 28.3. The highest BCUT2D eigenvalue weighted by Crippen LogP contribution is 2.40. The Kier molecular flexibility index (Phi) is 7.83. The molecule has 1 atom stereocenters. The van der Waals surface area contributed by atoms with Gasteiger partial charge in [-0.3, -0.25) is 4.79 Å². The summed E-state index contributed by atoms with van der Waals surface area (Å²) in [6.45, 7) is 8.79. The molecule has 0 spiro atoms. The number of benzene rings is 3. The third kappa shape index (κ3) is 5.24. The van der Waals surface area contributed by atoms with Crippen LogP contribution in [0.25, 0.3) is 11.0 Å². The van der Waals surface area contributed by atoms with Crippen LogP contribution in [-0.4, -0.2) is 72.2 Å². The fourth-order valence-corrected chi connectivity index (χ4v) is 6.40. The monoisotopic (exact) mass is 553 g/mol. The summed E-state index contributed by atoms with van der Waals surface area (Å²) in [6, 6.07) is 20.4. The fourth-order valence-electron chi connectivity index (χ4n) is 6.40. The number of likely N-dealkylation sites (N-methyl/N-ethyl adjacent to an activating group) is 1. The van der Waals surface area contributed by atoms with Crippen LogP contribution in [0, 0.1) is 0 Å². The Bertz CT molecular complexity index is 1520. The van der Waals surface area contributed by atoms with Crippen LogP contribution in [0.1, 0.15) is 47.3 Å². The molecule has 0 bridgehead atoms. The summed E-state index contributed by atoms with van der Waals surface area (Å²) < 4.78 is 13.4. The van der Waals surface area contributed by atoms with Crippen LogP contribution in [0.15, 0.2) is 67.0 Å². The van der Waals surface area contributed by atoms with Crippen LogP contribution in [0.4, 0.5) is 5.69 Å². The maximum Gasteiger partial charge on any atom is 0.255 e. The number of nitrogens with zero attached hydrogens (tertiary/aromatic N) is 5. The second-order valence-electron chi connectivity index (χ2n) is 10.9. The molecule has 1 unspecified atom stereocenters. The molecule has 1 aromatic heterocycles. The molecular formula is C33H39N5O3. The molecule has 3 aromatic carbocycles. The van der Waals surface area contributed by atoms with Crippen molar-refractivity contribution in [2.75, 3.05) is 51.8 Å². The van der Waals surface area contributed by atoms with Gasteiger partial charge in [-0.2, -0.15) is 0 Å². The second-order valence-corrected chi connectivity index (χ2v) is 10.9. The Morgan fingerprint density at radius 3 is 2.51 bits per heavy atom. The third-order valence-corrected chi connectivity index (χ3v) is 8.70. The number of methoxy groups -OCH3 is 2. The van der Waals surface area contributed by atoms with Crippen molar-refractivity contribution in [1.29, 1.82) is 0 Å². The van der Waals surface area contributed by atoms with Gasteiger partial charge in [0.15, 0.2) is 11.5 Å². The first-order chi connectivity index (χ1) is 20.1. The van der Waals surface area contributed by atoms with Gasteiger partial charge in [-0.15, -0.1) is 0 Å². The van der Waals surface area contributed by atoms with Crippen LogP contribution in [-0.2, 0) is 13.1 Å². The highest BCUT2D eigenvalue weighted by Gasteiger charge is 2.36. The topological polar surface area (TPSA) is 63.1 Å². The van der Waals surface area contributed by atoms with Crippen molar-refractivity contribution in [3.63, 3.8) is 0 Å². The van der Waals surface area contributed by atoms with E-state index < -0.39 is 0 Å². The van der Waals surface area contributed by atoms with Gasteiger partial charge in [0.05, 0.1) is 37.6 Å². The summed E-state index contributed by atoms with van der Waals surface area (Å²) in [6.07, 6.45) is 3.62.